The third kappa shape index (κ3) is 3.16. The van der Waals surface area contributed by atoms with Crippen LogP contribution in [-0.4, -0.2) is 34.8 Å². The summed E-state index contributed by atoms with van der Waals surface area (Å²) in [5, 5.41) is 2.89. The molecule has 6 heteroatoms. The van der Waals surface area contributed by atoms with Crippen LogP contribution in [0.4, 0.5) is 5.69 Å². The molecule has 22 heavy (non-hydrogen) atoms. The number of carbonyl (C=O) groups excluding carboxylic acids is 2. The van der Waals surface area contributed by atoms with Crippen molar-refractivity contribution in [3.63, 3.8) is 0 Å². The number of furan rings is 1. The van der Waals surface area contributed by atoms with Gasteiger partial charge in [-0.15, -0.1) is 0 Å². The number of anilines is 1. The minimum Gasteiger partial charge on any atom is -0.472 e. The highest BCUT2D eigenvalue weighted by Crippen LogP contribution is 2.21. The Labute approximate surface area is 128 Å². The van der Waals surface area contributed by atoms with Crippen molar-refractivity contribution in [2.45, 2.75) is 12.8 Å². The molecule has 114 valence electrons. The number of likely N-dealkylation sites (tertiary alicyclic amines) is 1. The Morgan fingerprint density at radius 2 is 1.91 bits per heavy atom. The smallest absolute Gasteiger partial charge is 0.257 e. The topological polar surface area (TPSA) is 75.4 Å². The second-order valence-electron chi connectivity index (χ2n) is 5.30. The van der Waals surface area contributed by atoms with Crippen molar-refractivity contribution in [1.82, 2.24) is 9.88 Å². The average Bonchev–Trinajstić information content (AvgIpc) is 3.10. The summed E-state index contributed by atoms with van der Waals surface area (Å²) in [5.74, 6) is -0.107. The normalized spacial score (nSPS) is 15.5. The summed E-state index contributed by atoms with van der Waals surface area (Å²) in [6.45, 7) is 1.16. The lowest BCUT2D eigenvalue weighted by Gasteiger charge is -2.31. The van der Waals surface area contributed by atoms with Crippen molar-refractivity contribution in [2.24, 2.45) is 5.92 Å². The van der Waals surface area contributed by atoms with E-state index in [1.54, 1.807) is 35.5 Å². The van der Waals surface area contributed by atoms with Crippen molar-refractivity contribution in [3.8, 4) is 0 Å². The van der Waals surface area contributed by atoms with E-state index >= 15 is 0 Å². The lowest BCUT2D eigenvalue weighted by Crippen LogP contribution is -2.41. The maximum absolute atomic E-state index is 12.2. The van der Waals surface area contributed by atoms with Crippen molar-refractivity contribution in [2.75, 3.05) is 18.4 Å². The van der Waals surface area contributed by atoms with Crippen LogP contribution in [0.2, 0.25) is 0 Å². The molecule has 0 aromatic carbocycles. The van der Waals surface area contributed by atoms with Gasteiger partial charge in [0.05, 0.1) is 11.8 Å². The first-order chi connectivity index (χ1) is 10.7. The number of piperidine rings is 1. The Morgan fingerprint density at radius 1 is 1.18 bits per heavy atom. The first-order valence-electron chi connectivity index (χ1n) is 7.26. The van der Waals surface area contributed by atoms with Crippen LogP contribution in [0.5, 0.6) is 0 Å². The zero-order valence-electron chi connectivity index (χ0n) is 12.1. The minimum absolute atomic E-state index is 0.00149. The Kier molecular flexibility index (Phi) is 4.18. The summed E-state index contributed by atoms with van der Waals surface area (Å²) in [6, 6.07) is 5.18. The van der Waals surface area contributed by atoms with Crippen LogP contribution in [0.15, 0.2) is 47.5 Å². The molecule has 2 amide bonds. The standard InChI is InChI=1S/C16H17N3O3/c20-15(18-14-1-6-17-7-2-14)12-3-8-19(9-4-12)16(21)13-5-10-22-11-13/h1-2,5-7,10-12H,3-4,8-9H2,(H,17,18,20). The van der Waals surface area contributed by atoms with E-state index < -0.39 is 0 Å². The van der Waals surface area contributed by atoms with E-state index in [4.69, 9.17) is 4.42 Å². The number of nitrogens with one attached hydrogen (secondary N) is 1. The highest BCUT2D eigenvalue weighted by molar-refractivity contribution is 5.95. The molecular weight excluding hydrogens is 282 g/mol. The second kappa shape index (κ2) is 6.43. The van der Waals surface area contributed by atoms with Crippen LogP contribution in [-0.2, 0) is 4.79 Å². The van der Waals surface area contributed by atoms with Crippen LogP contribution in [0.1, 0.15) is 23.2 Å². The first-order valence-corrected chi connectivity index (χ1v) is 7.26. The summed E-state index contributed by atoms with van der Waals surface area (Å²) in [5.41, 5.74) is 1.30. The molecule has 1 aliphatic heterocycles. The van der Waals surface area contributed by atoms with Crippen molar-refractivity contribution < 1.29 is 14.0 Å². The van der Waals surface area contributed by atoms with Crippen molar-refractivity contribution in [3.05, 3.63) is 48.7 Å². The van der Waals surface area contributed by atoms with Crippen LogP contribution >= 0.6 is 0 Å². The molecule has 0 aliphatic carbocycles. The lowest BCUT2D eigenvalue weighted by molar-refractivity contribution is -0.121. The van der Waals surface area contributed by atoms with Gasteiger partial charge in [0.25, 0.3) is 5.91 Å². The van der Waals surface area contributed by atoms with E-state index in [-0.39, 0.29) is 17.7 Å². The zero-order valence-corrected chi connectivity index (χ0v) is 12.1. The molecule has 0 spiro atoms. The summed E-state index contributed by atoms with van der Waals surface area (Å²) in [4.78, 5) is 30.1. The number of hydrogen-bond donors (Lipinski definition) is 1. The van der Waals surface area contributed by atoms with Gasteiger partial charge in [0.2, 0.25) is 5.91 Å². The molecule has 0 saturated carbocycles. The molecule has 1 aliphatic rings. The van der Waals surface area contributed by atoms with E-state index in [9.17, 15) is 9.59 Å². The van der Waals surface area contributed by atoms with E-state index in [2.05, 4.69) is 10.3 Å². The summed E-state index contributed by atoms with van der Waals surface area (Å²) >= 11 is 0. The predicted molar refractivity (Wildman–Crippen MR) is 80.2 cm³/mol. The molecule has 0 radical (unpaired) electrons. The third-order valence-corrected chi connectivity index (χ3v) is 3.87. The highest BCUT2D eigenvalue weighted by atomic mass is 16.3. The molecular formula is C16H17N3O3. The SMILES string of the molecule is O=C(Nc1ccncc1)C1CCN(C(=O)c2ccoc2)CC1. The lowest BCUT2D eigenvalue weighted by atomic mass is 9.95. The molecule has 3 heterocycles. The molecule has 2 aromatic heterocycles. The number of amides is 2. The summed E-state index contributed by atoms with van der Waals surface area (Å²) in [6.07, 6.45) is 7.55. The zero-order chi connectivity index (χ0) is 15.4. The molecule has 1 fully saturated rings. The average molecular weight is 299 g/mol. The second-order valence-corrected chi connectivity index (χ2v) is 5.30. The monoisotopic (exact) mass is 299 g/mol. The van der Waals surface area contributed by atoms with Gasteiger partial charge in [0.15, 0.2) is 0 Å². The fraction of sp³-hybridized carbons (Fsp3) is 0.312. The Bertz CT molecular complexity index is 632. The predicted octanol–water partition coefficient (Wildman–Crippen LogP) is 2.17. The minimum atomic E-state index is -0.0680. The van der Waals surface area contributed by atoms with Crippen LogP contribution < -0.4 is 5.32 Å². The van der Waals surface area contributed by atoms with E-state index in [0.717, 1.165) is 5.69 Å². The van der Waals surface area contributed by atoms with E-state index in [0.29, 0.717) is 31.5 Å². The van der Waals surface area contributed by atoms with E-state index in [1.807, 2.05) is 0 Å². The molecule has 3 rings (SSSR count). The fourth-order valence-corrected chi connectivity index (χ4v) is 2.59. The third-order valence-electron chi connectivity index (χ3n) is 3.87. The number of pyridine rings is 1. The molecule has 0 atom stereocenters. The Balaban J connectivity index is 1.53. The highest BCUT2D eigenvalue weighted by Gasteiger charge is 2.28. The van der Waals surface area contributed by atoms with Gasteiger partial charge in [-0.05, 0) is 31.0 Å². The van der Waals surface area contributed by atoms with Gasteiger partial charge in [-0.2, -0.15) is 0 Å². The first kappa shape index (κ1) is 14.3. The van der Waals surface area contributed by atoms with Crippen molar-refractivity contribution in [1.29, 1.82) is 0 Å². The number of carbonyl (C=O) groups is 2. The quantitative estimate of drug-likeness (QED) is 0.942. The van der Waals surface area contributed by atoms with Gasteiger partial charge in [-0.3, -0.25) is 14.6 Å². The molecule has 0 unspecified atom stereocenters. The maximum atomic E-state index is 12.2. The van der Waals surface area contributed by atoms with Crippen LogP contribution in [0.25, 0.3) is 0 Å². The number of hydrogen-bond acceptors (Lipinski definition) is 4. The molecule has 6 nitrogen and oxygen atoms in total. The molecule has 0 bridgehead atoms. The van der Waals surface area contributed by atoms with Gasteiger partial charge in [0, 0.05) is 37.1 Å². The van der Waals surface area contributed by atoms with Crippen LogP contribution in [0.3, 0.4) is 0 Å². The van der Waals surface area contributed by atoms with Gasteiger partial charge >= 0.3 is 0 Å². The molecule has 1 saturated heterocycles. The Hall–Kier alpha value is -2.63. The maximum Gasteiger partial charge on any atom is 0.257 e. The largest absolute Gasteiger partial charge is 0.472 e. The van der Waals surface area contributed by atoms with Gasteiger partial charge < -0.3 is 14.6 Å². The Morgan fingerprint density at radius 3 is 2.55 bits per heavy atom. The number of nitrogens with zero attached hydrogens (tertiary/aromatic N) is 2. The fourth-order valence-electron chi connectivity index (χ4n) is 2.59. The number of rotatable bonds is 3. The molecule has 2 aromatic rings. The summed E-state index contributed by atoms with van der Waals surface area (Å²) < 4.78 is 4.94. The van der Waals surface area contributed by atoms with Crippen molar-refractivity contribution >= 4 is 17.5 Å². The van der Waals surface area contributed by atoms with Gasteiger partial charge in [-0.1, -0.05) is 0 Å². The number of aromatic nitrogens is 1. The van der Waals surface area contributed by atoms with E-state index in [1.165, 1.54) is 12.5 Å². The van der Waals surface area contributed by atoms with Crippen LogP contribution in [0, 0.1) is 5.92 Å². The van der Waals surface area contributed by atoms with Gasteiger partial charge in [-0.25, -0.2) is 0 Å². The van der Waals surface area contributed by atoms with Gasteiger partial charge in [0.1, 0.15) is 6.26 Å². The molecule has 1 N–H and O–H groups in total. The summed E-state index contributed by atoms with van der Waals surface area (Å²) in [7, 11) is 0.